The van der Waals surface area contributed by atoms with Crippen molar-refractivity contribution in [3.05, 3.63) is 35.7 Å². The van der Waals surface area contributed by atoms with Gasteiger partial charge in [0, 0.05) is 31.2 Å². The number of nitrogens with one attached hydrogen (secondary N) is 1. The fraction of sp³-hybridized carbons (Fsp3) is 0.500. The zero-order valence-electron chi connectivity index (χ0n) is 14.1. The normalized spacial score (nSPS) is 17.1. The number of methoxy groups -OCH3 is 1. The molecule has 0 saturated carbocycles. The summed E-state index contributed by atoms with van der Waals surface area (Å²) >= 11 is 0.711. The third-order valence-corrected chi connectivity index (χ3v) is 4.79. The largest absolute Gasteiger partial charge is 0.497 e. The first-order valence-electron chi connectivity index (χ1n) is 8.08. The second-order valence-corrected chi connectivity index (χ2v) is 6.49. The lowest BCUT2D eigenvalue weighted by Gasteiger charge is -2.34. The van der Waals surface area contributed by atoms with Crippen molar-refractivity contribution in [2.24, 2.45) is 0 Å². The van der Waals surface area contributed by atoms with Crippen LogP contribution in [-0.4, -0.2) is 54.2 Å². The summed E-state index contributed by atoms with van der Waals surface area (Å²) in [4.78, 5) is 5.77. The van der Waals surface area contributed by atoms with Crippen molar-refractivity contribution in [3.8, 4) is 5.75 Å². The molecule has 1 aliphatic heterocycles. The van der Waals surface area contributed by atoms with E-state index in [9.17, 15) is 13.2 Å². The minimum absolute atomic E-state index is 0.0250. The first-order chi connectivity index (χ1) is 12.5. The van der Waals surface area contributed by atoms with E-state index in [0.717, 1.165) is 24.4 Å². The molecule has 2 heterocycles. The number of hydrogen-bond acceptors (Lipinski definition) is 7. The van der Waals surface area contributed by atoms with Gasteiger partial charge in [0.05, 0.1) is 26.4 Å². The number of aromatic nitrogens is 2. The third kappa shape index (κ3) is 4.63. The van der Waals surface area contributed by atoms with Crippen molar-refractivity contribution in [1.82, 2.24) is 14.3 Å². The van der Waals surface area contributed by atoms with E-state index in [0.29, 0.717) is 31.3 Å². The Balaban J connectivity index is 1.73. The number of anilines is 1. The quantitative estimate of drug-likeness (QED) is 0.821. The summed E-state index contributed by atoms with van der Waals surface area (Å²) in [5.41, 5.74) is 1.04. The van der Waals surface area contributed by atoms with Crippen molar-refractivity contribution in [2.75, 3.05) is 45.3 Å². The molecule has 1 atom stereocenters. The molecule has 6 nitrogen and oxygen atoms in total. The van der Waals surface area contributed by atoms with Crippen molar-refractivity contribution >= 4 is 16.7 Å². The van der Waals surface area contributed by atoms with Crippen LogP contribution < -0.4 is 10.1 Å². The summed E-state index contributed by atoms with van der Waals surface area (Å²) in [5.74, 6) is -0.362. The number of halogens is 3. The highest BCUT2D eigenvalue weighted by Gasteiger charge is 2.36. The predicted octanol–water partition coefficient (Wildman–Crippen LogP) is 3.05. The minimum atomic E-state index is -4.53. The SMILES string of the molecule is COc1ccc(C(CNc2nc(C(F)(F)F)ns2)N2CCOCC2)cc1. The van der Waals surface area contributed by atoms with Gasteiger partial charge in [0.1, 0.15) is 5.75 Å². The van der Waals surface area contributed by atoms with Crippen LogP contribution in [0.3, 0.4) is 0 Å². The molecule has 10 heteroatoms. The number of nitrogens with zero attached hydrogens (tertiary/aromatic N) is 3. The van der Waals surface area contributed by atoms with Crippen molar-refractivity contribution in [1.29, 1.82) is 0 Å². The molecule has 1 N–H and O–H groups in total. The van der Waals surface area contributed by atoms with Gasteiger partial charge in [0.25, 0.3) is 0 Å². The zero-order valence-corrected chi connectivity index (χ0v) is 14.9. The molecule has 0 radical (unpaired) electrons. The fourth-order valence-corrected chi connectivity index (χ4v) is 3.36. The molecular formula is C16H19F3N4O2S. The molecule has 26 heavy (non-hydrogen) atoms. The summed E-state index contributed by atoms with van der Waals surface area (Å²) in [5, 5.41) is 3.15. The van der Waals surface area contributed by atoms with Gasteiger partial charge in [-0.1, -0.05) is 12.1 Å². The van der Waals surface area contributed by atoms with Crippen LogP contribution in [0.15, 0.2) is 24.3 Å². The summed E-state index contributed by atoms with van der Waals surface area (Å²) in [6, 6.07) is 7.64. The van der Waals surface area contributed by atoms with E-state index < -0.39 is 12.0 Å². The van der Waals surface area contributed by atoms with Crippen molar-refractivity contribution in [3.63, 3.8) is 0 Å². The summed E-state index contributed by atoms with van der Waals surface area (Å²) in [7, 11) is 1.60. The monoisotopic (exact) mass is 388 g/mol. The maximum Gasteiger partial charge on any atom is 0.452 e. The second-order valence-electron chi connectivity index (χ2n) is 5.74. The van der Waals surface area contributed by atoms with Gasteiger partial charge < -0.3 is 14.8 Å². The van der Waals surface area contributed by atoms with Gasteiger partial charge in [-0.25, -0.2) is 0 Å². The number of benzene rings is 1. The van der Waals surface area contributed by atoms with Gasteiger partial charge in [-0.05, 0) is 17.7 Å². The zero-order chi connectivity index (χ0) is 18.6. The molecule has 0 spiro atoms. The van der Waals surface area contributed by atoms with E-state index in [2.05, 4.69) is 19.6 Å². The smallest absolute Gasteiger partial charge is 0.452 e. The standard InChI is InChI=1S/C16H19F3N4O2S/c1-24-12-4-2-11(3-5-12)13(23-6-8-25-9-7-23)10-20-15-21-14(22-26-15)16(17,18)19/h2-5,13H,6-10H2,1H3,(H,20,21,22). The number of morpholine rings is 1. The molecule has 0 amide bonds. The number of hydrogen-bond donors (Lipinski definition) is 1. The van der Waals surface area contributed by atoms with E-state index in [-0.39, 0.29) is 11.2 Å². The molecule has 3 rings (SSSR count). The lowest BCUT2D eigenvalue weighted by Crippen LogP contribution is -2.41. The molecule has 142 valence electrons. The summed E-state index contributed by atoms with van der Waals surface area (Å²) in [6.45, 7) is 3.18. The van der Waals surface area contributed by atoms with Crippen LogP contribution in [-0.2, 0) is 10.9 Å². The first kappa shape index (κ1) is 18.9. The Hall–Kier alpha value is -1.91. The number of ether oxygens (including phenoxy) is 2. The van der Waals surface area contributed by atoms with Crippen LogP contribution in [0, 0.1) is 0 Å². The molecule has 2 aromatic rings. The number of alkyl halides is 3. The average molecular weight is 388 g/mol. The maximum atomic E-state index is 12.6. The lowest BCUT2D eigenvalue weighted by atomic mass is 10.0. The number of rotatable bonds is 6. The highest BCUT2D eigenvalue weighted by Crippen LogP contribution is 2.30. The molecular weight excluding hydrogens is 369 g/mol. The van der Waals surface area contributed by atoms with Crippen LogP contribution in [0.2, 0.25) is 0 Å². The van der Waals surface area contributed by atoms with Crippen LogP contribution in [0.1, 0.15) is 17.4 Å². The second kappa shape index (κ2) is 8.19. The molecule has 1 aromatic heterocycles. The highest BCUT2D eigenvalue weighted by molar-refractivity contribution is 7.09. The Labute approximate surface area is 153 Å². The Morgan fingerprint density at radius 2 is 1.96 bits per heavy atom. The first-order valence-corrected chi connectivity index (χ1v) is 8.85. The highest BCUT2D eigenvalue weighted by atomic mass is 32.1. The maximum absolute atomic E-state index is 12.6. The van der Waals surface area contributed by atoms with E-state index in [1.165, 1.54) is 0 Å². The van der Waals surface area contributed by atoms with Gasteiger partial charge in [0.2, 0.25) is 11.0 Å². The van der Waals surface area contributed by atoms with Gasteiger partial charge >= 0.3 is 6.18 Å². The Morgan fingerprint density at radius 3 is 2.54 bits per heavy atom. The summed E-state index contributed by atoms with van der Waals surface area (Å²) < 4.78 is 51.9. The van der Waals surface area contributed by atoms with Crippen LogP contribution in [0.25, 0.3) is 0 Å². The lowest BCUT2D eigenvalue weighted by molar-refractivity contribution is -0.144. The van der Waals surface area contributed by atoms with Gasteiger partial charge in [-0.2, -0.15) is 22.5 Å². The van der Waals surface area contributed by atoms with E-state index >= 15 is 0 Å². The molecule has 0 aliphatic carbocycles. The van der Waals surface area contributed by atoms with Crippen LogP contribution in [0.5, 0.6) is 5.75 Å². The van der Waals surface area contributed by atoms with Gasteiger partial charge in [-0.15, -0.1) is 0 Å². The van der Waals surface area contributed by atoms with Crippen LogP contribution in [0.4, 0.5) is 18.3 Å². The molecule has 1 saturated heterocycles. The third-order valence-electron chi connectivity index (χ3n) is 4.11. The van der Waals surface area contributed by atoms with E-state index in [1.54, 1.807) is 7.11 Å². The molecule has 1 aliphatic rings. The fourth-order valence-electron chi connectivity index (χ4n) is 2.77. The minimum Gasteiger partial charge on any atom is -0.497 e. The van der Waals surface area contributed by atoms with E-state index in [1.807, 2.05) is 24.3 Å². The van der Waals surface area contributed by atoms with Crippen LogP contribution >= 0.6 is 11.5 Å². The Morgan fingerprint density at radius 1 is 1.27 bits per heavy atom. The van der Waals surface area contributed by atoms with Gasteiger partial charge in [-0.3, -0.25) is 4.90 Å². The molecule has 0 bridgehead atoms. The Bertz CT molecular complexity index is 702. The average Bonchev–Trinajstić information content (AvgIpc) is 3.13. The topological polar surface area (TPSA) is 59.5 Å². The molecule has 1 unspecified atom stereocenters. The predicted molar refractivity (Wildman–Crippen MR) is 91.5 cm³/mol. The van der Waals surface area contributed by atoms with Gasteiger partial charge in [0.15, 0.2) is 0 Å². The summed E-state index contributed by atoms with van der Waals surface area (Å²) in [6.07, 6.45) is -4.53. The Kier molecular flexibility index (Phi) is 5.94. The molecule has 1 fully saturated rings. The van der Waals surface area contributed by atoms with E-state index in [4.69, 9.17) is 9.47 Å². The van der Waals surface area contributed by atoms with Crippen molar-refractivity contribution in [2.45, 2.75) is 12.2 Å². The van der Waals surface area contributed by atoms with Crippen molar-refractivity contribution < 1.29 is 22.6 Å². The molecule has 1 aromatic carbocycles.